The number of carbonyl (C=O) groups is 2. The second-order valence-electron chi connectivity index (χ2n) is 12.1. The summed E-state index contributed by atoms with van der Waals surface area (Å²) in [7, 11) is 7.26. The highest BCUT2D eigenvalue weighted by Gasteiger charge is 2.49. The SMILES string of the molecule is CO[C@]1(C)C[C@@H](C)[C@H](O)[C@H](C)CN(C)CCOC(=O)C(C)C(=O)[C@H](C)[C@H]1O[C@@H]1O[C@H](C)C[C@H](N(C)C)[C@H]1O. The summed E-state index contributed by atoms with van der Waals surface area (Å²) >= 11 is 0. The molecule has 222 valence electrons. The molecule has 1 unspecified atom stereocenters. The zero-order valence-corrected chi connectivity index (χ0v) is 25.0. The number of cyclic esters (lactones) is 1. The van der Waals surface area contributed by atoms with Crippen LogP contribution in [0.4, 0.5) is 0 Å². The Kier molecular flexibility index (Phi) is 12.2. The van der Waals surface area contributed by atoms with Crippen LogP contribution in [-0.2, 0) is 28.5 Å². The van der Waals surface area contributed by atoms with Crippen molar-refractivity contribution in [3.05, 3.63) is 0 Å². The maximum atomic E-state index is 13.6. The van der Waals surface area contributed by atoms with Crippen LogP contribution in [0.25, 0.3) is 0 Å². The molecular formula is C28H52N2O8. The molecule has 0 aromatic heterocycles. The van der Waals surface area contributed by atoms with Gasteiger partial charge < -0.3 is 39.0 Å². The monoisotopic (exact) mass is 544 g/mol. The predicted molar refractivity (Wildman–Crippen MR) is 143 cm³/mol. The molecule has 0 radical (unpaired) electrons. The van der Waals surface area contributed by atoms with Crippen molar-refractivity contribution < 1.29 is 38.7 Å². The van der Waals surface area contributed by atoms with Gasteiger partial charge in [-0.3, -0.25) is 9.59 Å². The van der Waals surface area contributed by atoms with E-state index in [1.807, 2.05) is 58.6 Å². The molecule has 11 atom stereocenters. The molecule has 0 spiro atoms. The number of hydrogen-bond donors (Lipinski definition) is 2. The first-order chi connectivity index (χ1) is 17.6. The third kappa shape index (κ3) is 7.96. The van der Waals surface area contributed by atoms with Gasteiger partial charge in [0.05, 0.1) is 23.9 Å². The highest BCUT2D eigenvalue weighted by Crippen LogP contribution is 2.37. The molecule has 0 aliphatic carbocycles. The number of hydrogen-bond acceptors (Lipinski definition) is 10. The lowest BCUT2D eigenvalue weighted by Crippen LogP contribution is -2.59. The van der Waals surface area contributed by atoms with E-state index in [0.717, 1.165) is 0 Å². The largest absolute Gasteiger partial charge is 0.464 e. The Morgan fingerprint density at radius 2 is 1.68 bits per heavy atom. The van der Waals surface area contributed by atoms with Gasteiger partial charge in [-0.1, -0.05) is 20.8 Å². The molecule has 38 heavy (non-hydrogen) atoms. The summed E-state index contributed by atoms with van der Waals surface area (Å²) in [6.07, 6.45) is -2.63. The Bertz CT molecular complexity index is 782. The van der Waals surface area contributed by atoms with Crippen molar-refractivity contribution in [3.8, 4) is 0 Å². The number of carbonyl (C=O) groups excluding carboxylic acids is 2. The van der Waals surface area contributed by atoms with Gasteiger partial charge in [0.25, 0.3) is 0 Å². The maximum Gasteiger partial charge on any atom is 0.316 e. The van der Waals surface area contributed by atoms with Gasteiger partial charge in [-0.05, 0) is 66.6 Å². The lowest BCUT2D eigenvalue weighted by atomic mass is 9.76. The van der Waals surface area contributed by atoms with Gasteiger partial charge in [0.2, 0.25) is 0 Å². The quantitative estimate of drug-likeness (QED) is 0.399. The molecule has 0 aromatic rings. The van der Waals surface area contributed by atoms with E-state index in [2.05, 4.69) is 0 Å². The zero-order chi connectivity index (χ0) is 28.9. The van der Waals surface area contributed by atoms with Crippen LogP contribution in [0.1, 0.15) is 54.4 Å². The van der Waals surface area contributed by atoms with E-state index in [9.17, 15) is 19.8 Å². The lowest BCUT2D eigenvalue weighted by Gasteiger charge is -2.47. The molecule has 0 saturated carbocycles. The van der Waals surface area contributed by atoms with Crippen LogP contribution >= 0.6 is 0 Å². The maximum absolute atomic E-state index is 13.6. The minimum atomic E-state index is -1.04. The van der Waals surface area contributed by atoms with E-state index >= 15 is 0 Å². The molecule has 2 rings (SSSR count). The van der Waals surface area contributed by atoms with Crippen molar-refractivity contribution in [2.45, 2.75) is 96.7 Å². The molecule has 10 heteroatoms. The number of esters is 1. The standard InChI is InChI=1S/C28H52N2O8/c1-16-14-28(6,35-10)25(38-27-24(33)21(29(7)8)13-18(3)37-27)19(4)23(32)20(5)26(34)36-12-11-30(9)15-17(2)22(16)31/h16-22,24-25,27,31,33H,11-15H2,1-10H3/t16-,17-,18-,19+,20?,21+,22+,24-,25-,27+,28-/m1/s1. The third-order valence-electron chi connectivity index (χ3n) is 8.52. The fourth-order valence-corrected chi connectivity index (χ4v) is 6.00. The van der Waals surface area contributed by atoms with Crippen LogP contribution in [0.2, 0.25) is 0 Å². The van der Waals surface area contributed by atoms with Crippen molar-refractivity contribution in [1.82, 2.24) is 9.80 Å². The number of rotatable bonds is 4. The van der Waals surface area contributed by atoms with Gasteiger partial charge in [0.1, 0.15) is 18.6 Å². The lowest BCUT2D eigenvalue weighted by molar-refractivity contribution is -0.296. The predicted octanol–water partition coefficient (Wildman–Crippen LogP) is 1.56. The molecule has 2 saturated heterocycles. The fraction of sp³-hybridized carbons (Fsp3) is 0.929. The van der Waals surface area contributed by atoms with Gasteiger partial charge in [0, 0.05) is 32.2 Å². The molecular weight excluding hydrogens is 492 g/mol. The molecule has 2 fully saturated rings. The summed E-state index contributed by atoms with van der Waals surface area (Å²) in [5.74, 6) is -2.96. The van der Waals surface area contributed by atoms with E-state index in [1.54, 1.807) is 21.0 Å². The number of methoxy groups -OCH3 is 1. The van der Waals surface area contributed by atoms with Crippen molar-refractivity contribution in [3.63, 3.8) is 0 Å². The van der Waals surface area contributed by atoms with Crippen LogP contribution in [-0.4, -0.2) is 122 Å². The highest BCUT2D eigenvalue weighted by atomic mass is 16.7. The van der Waals surface area contributed by atoms with E-state index in [4.69, 9.17) is 18.9 Å². The van der Waals surface area contributed by atoms with E-state index < -0.39 is 48.0 Å². The first kappa shape index (κ1) is 33.1. The fourth-order valence-electron chi connectivity index (χ4n) is 6.00. The van der Waals surface area contributed by atoms with Crippen LogP contribution in [0.15, 0.2) is 0 Å². The van der Waals surface area contributed by atoms with Crippen molar-refractivity contribution in [2.24, 2.45) is 23.7 Å². The smallest absolute Gasteiger partial charge is 0.316 e. The molecule has 10 nitrogen and oxygen atoms in total. The average molecular weight is 545 g/mol. The normalized spacial score (nSPS) is 43.4. The minimum absolute atomic E-state index is 0.0560. The topological polar surface area (TPSA) is 118 Å². The van der Waals surface area contributed by atoms with Crippen molar-refractivity contribution in [1.29, 1.82) is 0 Å². The number of nitrogens with zero attached hydrogens (tertiary/aromatic N) is 2. The van der Waals surface area contributed by atoms with Gasteiger partial charge in [-0.15, -0.1) is 0 Å². The van der Waals surface area contributed by atoms with Gasteiger partial charge >= 0.3 is 5.97 Å². The molecule has 0 bridgehead atoms. The molecule has 0 aromatic carbocycles. The minimum Gasteiger partial charge on any atom is -0.464 e. The summed E-state index contributed by atoms with van der Waals surface area (Å²) in [5.41, 5.74) is -1.04. The summed E-state index contributed by atoms with van der Waals surface area (Å²) in [4.78, 5) is 30.3. The van der Waals surface area contributed by atoms with Crippen LogP contribution < -0.4 is 0 Å². The second-order valence-corrected chi connectivity index (χ2v) is 12.1. The van der Waals surface area contributed by atoms with Gasteiger partial charge in [0.15, 0.2) is 12.1 Å². The Hall–Kier alpha value is -1.14. The Morgan fingerprint density at radius 3 is 2.26 bits per heavy atom. The number of likely N-dealkylation sites (N-methyl/N-ethyl adjacent to an activating group) is 2. The van der Waals surface area contributed by atoms with Crippen molar-refractivity contribution >= 4 is 11.8 Å². The van der Waals surface area contributed by atoms with Crippen LogP contribution in [0.3, 0.4) is 0 Å². The number of aliphatic hydroxyl groups excluding tert-OH is 2. The van der Waals surface area contributed by atoms with E-state index in [0.29, 0.717) is 25.9 Å². The molecule has 2 aliphatic heterocycles. The first-order valence-corrected chi connectivity index (χ1v) is 13.9. The summed E-state index contributed by atoms with van der Waals surface area (Å²) in [6, 6.07) is -0.196. The van der Waals surface area contributed by atoms with Gasteiger partial charge in [-0.2, -0.15) is 0 Å². The summed E-state index contributed by atoms with van der Waals surface area (Å²) < 4.78 is 24.0. The van der Waals surface area contributed by atoms with Crippen LogP contribution in [0, 0.1) is 23.7 Å². The van der Waals surface area contributed by atoms with E-state index in [-0.39, 0.29) is 36.4 Å². The molecule has 0 amide bonds. The van der Waals surface area contributed by atoms with Crippen molar-refractivity contribution in [2.75, 3.05) is 47.9 Å². The first-order valence-electron chi connectivity index (χ1n) is 13.9. The number of ether oxygens (including phenoxy) is 4. The number of Topliss-reactive ketones (excluding diaryl/α,β-unsaturated/α-hetero) is 1. The zero-order valence-electron chi connectivity index (χ0n) is 25.0. The Labute approximate surface area is 228 Å². The number of ketones is 1. The average Bonchev–Trinajstić information content (AvgIpc) is 2.85. The Balaban J connectivity index is 2.49. The highest BCUT2D eigenvalue weighted by molar-refractivity contribution is 5.99. The molecule has 2 N–H and O–H groups in total. The second kappa shape index (κ2) is 14.0. The van der Waals surface area contributed by atoms with E-state index in [1.165, 1.54) is 0 Å². The Morgan fingerprint density at radius 1 is 1.05 bits per heavy atom. The summed E-state index contributed by atoms with van der Waals surface area (Å²) in [5, 5.41) is 22.4. The number of aliphatic hydroxyl groups is 2. The van der Waals surface area contributed by atoms with Crippen LogP contribution in [0.5, 0.6) is 0 Å². The third-order valence-corrected chi connectivity index (χ3v) is 8.52. The molecule has 2 heterocycles. The van der Waals surface area contributed by atoms with Gasteiger partial charge in [-0.25, -0.2) is 0 Å². The summed E-state index contributed by atoms with van der Waals surface area (Å²) in [6.45, 7) is 12.3. The molecule has 2 aliphatic rings.